The molecule has 10 nitrogen and oxygen atoms in total. The van der Waals surface area contributed by atoms with Crippen molar-refractivity contribution in [2.75, 3.05) is 17.2 Å². The molecule has 228 valence electrons. The van der Waals surface area contributed by atoms with Crippen LogP contribution in [-0.4, -0.2) is 38.2 Å². The van der Waals surface area contributed by atoms with Crippen molar-refractivity contribution in [1.29, 1.82) is 0 Å². The largest absolute Gasteiger partial charge is 1.00 e. The minimum atomic E-state index is -4.67. The zero-order chi connectivity index (χ0) is 31.1. The third-order valence-electron chi connectivity index (χ3n) is 8.00. The Morgan fingerprint density at radius 3 is 2.18 bits per heavy atom. The number of benzene rings is 2. The van der Waals surface area contributed by atoms with Gasteiger partial charge in [0.1, 0.15) is 10.1 Å². The normalized spacial score (nSPS) is 17.5. The molecule has 0 fully saturated rings. The van der Waals surface area contributed by atoms with Crippen LogP contribution in [0.3, 0.4) is 0 Å². The van der Waals surface area contributed by atoms with Crippen molar-refractivity contribution in [2.24, 2.45) is 0 Å². The summed E-state index contributed by atoms with van der Waals surface area (Å²) in [6.45, 7) is 10.5. The molecule has 16 heteroatoms. The van der Waals surface area contributed by atoms with Crippen molar-refractivity contribution >= 4 is 43.5 Å². The molecule has 4 rings (SSSR count). The summed E-state index contributed by atoms with van der Waals surface area (Å²) in [6, 6.07) is 10.1. The molecule has 0 amide bonds. The van der Waals surface area contributed by atoms with Gasteiger partial charge in [0.15, 0.2) is 0 Å². The van der Waals surface area contributed by atoms with Gasteiger partial charge in [-0.1, -0.05) is 45.9 Å². The van der Waals surface area contributed by atoms with Gasteiger partial charge in [-0.2, -0.15) is 4.33 Å². The number of fused-ring (bicyclic) bond motifs is 2. The number of hydrogen-bond acceptors (Lipinski definition) is 11. The fourth-order valence-electron chi connectivity index (χ4n) is 5.90. The van der Waals surface area contributed by atoms with E-state index < -0.39 is 31.4 Å². The van der Waals surface area contributed by atoms with Crippen LogP contribution in [0.1, 0.15) is 64.2 Å². The maximum absolute atomic E-state index is 11.8. The van der Waals surface area contributed by atoms with Gasteiger partial charge in [-0.3, -0.25) is 5.04 Å². The van der Waals surface area contributed by atoms with Crippen LogP contribution in [0.2, 0.25) is 0 Å². The second-order valence-electron chi connectivity index (χ2n) is 11.4. The van der Waals surface area contributed by atoms with Gasteiger partial charge < -0.3 is 19.3 Å². The van der Waals surface area contributed by atoms with Gasteiger partial charge in [0.05, 0.1) is 27.1 Å². The smallest absolute Gasteiger partial charge is 0.748 e. The molecule has 2 aromatic rings. The predicted octanol–water partition coefficient (Wildman–Crippen LogP) is -4.54. The van der Waals surface area contributed by atoms with E-state index in [4.69, 9.17) is 0 Å². The molecule has 0 unspecified atom stereocenters. The third kappa shape index (κ3) is 9.82. The summed E-state index contributed by atoms with van der Waals surface area (Å²) in [5, 5.41) is 13.7. The molecule has 0 saturated heterocycles. The van der Waals surface area contributed by atoms with Crippen LogP contribution in [0, 0.1) is 0 Å². The summed E-state index contributed by atoms with van der Waals surface area (Å²) in [5.74, 6) is -0.470. The van der Waals surface area contributed by atoms with Gasteiger partial charge in [0, 0.05) is 39.4 Å². The van der Waals surface area contributed by atoms with E-state index in [2.05, 4.69) is 23.2 Å². The fourth-order valence-corrected chi connectivity index (χ4v) is 7.35. The average Bonchev–Trinajstić information content (AvgIpc) is 3.22. The Hall–Kier alpha value is 0.510. The van der Waals surface area contributed by atoms with Crippen molar-refractivity contribution < 1.29 is 129 Å². The first-order valence-corrected chi connectivity index (χ1v) is 16.9. The molecular weight excluding hydrogens is 671 g/mol. The number of rotatable bonds is 11. The second-order valence-corrected chi connectivity index (χ2v) is 15.1. The molecule has 1 aliphatic carbocycles. The third-order valence-corrected chi connectivity index (χ3v) is 10.2. The zero-order valence-corrected chi connectivity index (χ0v) is 35.3. The first kappa shape index (κ1) is 43.5. The van der Waals surface area contributed by atoms with E-state index >= 15 is 0 Å². The molecular formula is C29H32NNa3O9S3. The van der Waals surface area contributed by atoms with Gasteiger partial charge >= 0.3 is 88.7 Å². The molecule has 2 aliphatic rings. The van der Waals surface area contributed by atoms with E-state index in [9.17, 15) is 31.2 Å². The zero-order valence-electron chi connectivity index (χ0n) is 26.9. The van der Waals surface area contributed by atoms with Crippen molar-refractivity contribution in [3.63, 3.8) is 0 Å². The van der Waals surface area contributed by atoms with Gasteiger partial charge in [-0.15, -0.1) is 0 Å². The number of allylic oxidation sites excluding steroid dienone is 6. The molecule has 0 atom stereocenters. The Morgan fingerprint density at radius 2 is 1.58 bits per heavy atom. The Bertz CT molecular complexity index is 1700. The van der Waals surface area contributed by atoms with E-state index in [1.54, 1.807) is 6.07 Å². The number of hydrogen-bond donors (Lipinski definition) is 0. The Balaban J connectivity index is 0.00000337. The van der Waals surface area contributed by atoms with Crippen molar-refractivity contribution in [3.05, 3.63) is 82.6 Å². The fraction of sp³-hybridized carbons (Fsp3) is 0.379. The van der Waals surface area contributed by atoms with Crippen molar-refractivity contribution in [3.8, 4) is 0 Å². The molecule has 0 bridgehead atoms. The number of anilines is 1. The van der Waals surface area contributed by atoms with Gasteiger partial charge in [0.2, 0.25) is 0 Å². The SMILES string of the molecule is CC1=C(C=CC=C2N(CCCCS(=O)(=O)[O-])c3ccc(S(=O)(=O)[O-])cc3C2(C)C)C(C)(C)c2cc(SOO[O-])ccc21.[Na+].[Na+].[Na+]. The van der Waals surface area contributed by atoms with Crippen molar-refractivity contribution in [2.45, 2.75) is 68.1 Å². The van der Waals surface area contributed by atoms with Gasteiger partial charge in [0.25, 0.3) is 0 Å². The molecule has 1 aliphatic heterocycles. The summed E-state index contributed by atoms with van der Waals surface area (Å²) < 4.78 is 73.1. The van der Waals surface area contributed by atoms with Crippen LogP contribution in [0.25, 0.3) is 5.57 Å². The van der Waals surface area contributed by atoms with Crippen molar-refractivity contribution in [1.82, 2.24) is 0 Å². The van der Waals surface area contributed by atoms with Gasteiger partial charge in [-0.05, 0) is 84.0 Å². The van der Waals surface area contributed by atoms with E-state index in [0.717, 1.165) is 50.6 Å². The van der Waals surface area contributed by atoms with Gasteiger partial charge in [-0.25, -0.2) is 16.8 Å². The van der Waals surface area contributed by atoms with E-state index in [-0.39, 0.29) is 105 Å². The molecule has 0 aromatic heterocycles. The second kappa shape index (κ2) is 16.9. The quantitative estimate of drug-likeness (QED) is 0.0555. The predicted molar refractivity (Wildman–Crippen MR) is 156 cm³/mol. The van der Waals surface area contributed by atoms with E-state index in [1.807, 2.05) is 62.1 Å². The number of nitrogens with zero attached hydrogens (tertiary/aromatic N) is 1. The maximum atomic E-state index is 11.8. The average molecular weight is 704 g/mol. The maximum Gasteiger partial charge on any atom is 1.00 e. The summed E-state index contributed by atoms with van der Waals surface area (Å²) >= 11 is 0.836. The minimum Gasteiger partial charge on any atom is -0.748 e. The summed E-state index contributed by atoms with van der Waals surface area (Å²) in [4.78, 5) is 2.39. The Labute approximate surface area is 336 Å². The van der Waals surface area contributed by atoms with Crippen LogP contribution in [0.15, 0.2) is 75.7 Å². The molecule has 45 heavy (non-hydrogen) atoms. The molecule has 0 N–H and O–H groups in total. The standard InChI is InChI=1S/C29H35NO9S3.3Na/c1-19-22-13-11-20(40-39-38-31)17-24(22)28(2,3)23(19)9-8-10-27-29(4,5)25-18-21(42(35,36)37)12-14-26(25)30(27)15-6-7-16-41(32,33)34;;;/h8-14,17-18,31H,6-7,15-16H2,1-5H3,(H,32,33,34)(H,35,36,37);;;/q;3*+1/p-3. The summed E-state index contributed by atoms with van der Waals surface area (Å²) in [6.07, 6.45) is 6.49. The molecule has 0 spiro atoms. The minimum absolute atomic E-state index is 0. The van der Waals surface area contributed by atoms with E-state index in [1.165, 1.54) is 12.1 Å². The van der Waals surface area contributed by atoms with Crippen LogP contribution in [0.4, 0.5) is 5.69 Å². The Kier molecular flexibility index (Phi) is 16.4. The summed E-state index contributed by atoms with van der Waals surface area (Å²) in [7, 11) is -9.01. The van der Waals surface area contributed by atoms with Crippen LogP contribution < -0.4 is 98.8 Å². The molecule has 1 heterocycles. The van der Waals surface area contributed by atoms with E-state index in [0.29, 0.717) is 18.5 Å². The first-order chi connectivity index (χ1) is 19.5. The van der Waals surface area contributed by atoms with Crippen LogP contribution in [0.5, 0.6) is 0 Å². The Morgan fingerprint density at radius 1 is 0.911 bits per heavy atom. The van der Waals surface area contributed by atoms with Crippen LogP contribution in [-0.2, 0) is 40.4 Å². The topological polar surface area (TPSA) is 159 Å². The number of unbranched alkanes of at least 4 members (excludes halogenated alkanes) is 1. The summed E-state index contributed by atoms with van der Waals surface area (Å²) in [5.41, 5.74) is 5.49. The molecule has 2 aromatic carbocycles. The van der Waals surface area contributed by atoms with Crippen LogP contribution >= 0.6 is 12.0 Å². The monoisotopic (exact) mass is 703 g/mol. The first-order valence-electron chi connectivity index (χ1n) is 13.2. The molecule has 0 saturated carbocycles. The molecule has 0 radical (unpaired) electrons.